The fourth-order valence-electron chi connectivity index (χ4n) is 1.32. The van der Waals surface area contributed by atoms with Crippen molar-refractivity contribution >= 4 is 12.2 Å². The van der Waals surface area contributed by atoms with Gasteiger partial charge in [-0.3, -0.25) is 0 Å². The Morgan fingerprint density at radius 3 is 1.12 bits per heavy atom. The summed E-state index contributed by atoms with van der Waals surface area (Å²) in [4.78, 5) is 0. The van der Waals surface area contributed by atoms with Crippen LogP contribution in [0.1, 0.15) is 11.1 Å². The SMILES string of the molecule is C(=Cc1ccccc1)c1ccccc1.N.N. The average Bonchev–Trinajstić information content (AvgIpc) is 2.29. The standard InChI is InChI=1S/C14H12.2H3N/c1-3-7-13(8-4-1)11-12-14-9-5-2-6-10-14;;/h1-12H;2*1H3. The van der Waals surface area contributed by atoms with Gasteiger partial charge in [-0.1, -0.05) is 72.8 Å². The molecule has 0 atom stereocenters. The molecule has 0 saturated heterocycles. The first-order chi connectivity index (χ1) is 6.95. The summed E-state index contributed by atoms with van der Waals surface area (Å²) in [5.74, 6) is 0. The Bertz CT molecular complexity index is 366. The third-order valence-electron chi connectivity index (χ3n) is 2.07. The normalized spacial score (nSPS) is 9.25. The molecular weight excluding hydrogens is 196 g/mol. The molecule has 0 bridgehead atoms. The summed E-state index contributed by atoms with van der Waals surface area (Å²) in [5.41, 5.74) is 2.47. The summed E-state index contributed by atoms with van der Waals surface area (Å²) in [6, 6.07) is 20.6. The van der Waals surface area contributed by atoms with E-state index < -0.39 is 0 Å². The van der Waals surface area contributed by atoms with Crippen LogP contribution in [0.15, 0.2) is 60.7 Å². The Morgan fingerprint density at radius 1 is 0.500 bits per heavy atom. The molecule has 84 valence electrons. The Kier molecular flexibility index (Phi) is 6.52. The number of hydrogen-bond acceptors (Lipinski definition) is 2. The van der Waals surface area contributed by atoms with E-state index in [9.17, 15) is 0 Å². The van der Waals surface area contributed by atoms with Crippen LogP contribution in [0.4, 0.5) is 0 Å². The summed E-state index contributed by atoms with van der Waals surface area (Å²) < 4.78 is 0. The van der Waals surface area contributed by atoms with Gasteiger partial charge in [0.1, 0.15) is 0 Å². The number of benzene rings is 2. The van der Waals surface area contributed by atoms with Crippen molar-refractivity contribution in [3.63, 3.8) is 0 Å². The molecule has 2 aromatic carbocycles. The highest BCUT2D eigenvalue weighted by Crippen LogP contribution is 2.06. The highest BCUT2D eigenvalue weighted by molar-refractivity contribution is 5.69. The third-order valence-corrected chi connectivity index (χ3v) is 2.07. The molecule has 16 heavy (non-hydrogen) atoms. The first kappa shape index (κ1) is 14.1. The van der Waals surface area contributed by atoms with E-state index in [1.807, 2.05) is 36.4 Å². The van der Waals surface area contributed by atoms with Crippen LogP contribution in [-0.2, 0) is 0 Å². The Morgan fingerprint density at radius 2 is 0.812 bits per heavy atom. The van der Waals surface area contributed by atoms with E-state index in [2.05, 4.69) is 36.4 Å². The van der Waals surface area contributed by atoms with Crippen molar-refractivity contribution < 1.29 is 0 Å². The van der Waals surface area contributed by atoms with Crippen molar-refractivity contribution in [3.05, 3.63) is 71.8 Å². The molecule has 0 heterocycles. The monoisotopic (exact) mass is 214 g/mol. The fourth-order valence-corrected chi connectivity index (χ4v) is 1.32. The van der Waals surface area contributed by atoms with Gasteiger partial charge in [-0.2, -0.15) is 0 Å². The molecule has 2 rings (SSSR count). The lowest BCUT2D eigenvalue weighted by molar-refractivity contribution is 1.65. The van der Waals surface area contributed by atoms with Crippen molar-refractivity contribution in [1.82, 2.24) is 12.3 Å². The summed E-state index contributed by atoms with van der Waals surface area (Å²) in [6.45, 7) is 0. The van der Waals surface area contributed by atoms with Gasteiger partial charge in [0.2, 0.25) is 0 Å². The van der Waals surface area contributed by atoms with E-state index in [0.29, 0.717) is 0 Å². The van der Waals surface area contributed by atoms with Crippen molar-refractivity contribution in [2.75, 3.05) is 0 Å². The maximum atomic E-state index is 2.12. The van der Waals surface area contributed by atoms with E-state index in [-0.39, 0.29) is 12.3 Å². The average molecular weight is 214 g/mol. The molecule has 2 nitrogen and oxygen atoms in total. The third kappa shape index (κ3) is 4.09. The minimum Gasteiger partial charge on any atom is -0.344 e. The maximum Gasteiger partial charge on any atom is -0.0256 e. The molecule has 0 fully saturated rings. The summed E-state index contributed by atoms with van der Waals surface area (Å²) in [7, 11) is 0. The minimum atomic E-state index is 0. The predicted molar refractivity (Wildman–Crippen MR) is 71.9 cm³/mol. The van der Waals surface area contributed by atoms with Gasteiger partial charge in [0.15, 0.2) is 0 Å². The highest BCUT2D eigenvalue weighted by Gasteiger charge is 1.84. The molecule has 0 aromatic heterocycles. The second-order valence-electron chi connectivity index (χ2n) is 3.15. The van der Waals surface area contributed by atoms with Crippen LogP contribution >= 0.6 is 0 Å². The molecule has 0 spiro atoms. The van der Waals surface area contributed by atoms with E-state index in [0.717, 1.165) is 0 Å². The summed E-state index contributed by atoms with van der Waals surface area (Å²) in [5, 5.41) is 0. The lowest BCUT2D eigenvalue weighted by atomic mass is 10.1. The number of rotatable bonds is 2. The van der Waals surface area contributed by atoms with Gasteiger partial charge in [0.05, 0.1) is 0 Å². The first-order valence-corrected chi connectivity index (χ1v) is 4.73. The molecule has 0 aliphatic heterocycles. The molecular formula is C14H18N2. The topological polar surface area (TPSA) is 70.0 Å². The van der Waals surface area contributed by atoms with Crippen LogP contribution < -0.4 is 12.3 Å². The largest absolute Gasteiger partial charge is 0.344 e. The lowest BCUT2D eigenvalue weighted by Gasteiger charge is -1.92. The maximum absolute atomic E-state index is 2.12. The van der Waals surface area contributed by atoms with Crippen molar-refractivity contribution in [2.45, 2.75) is 0 Å². The van der Waals surface area contributed by atoms with E-state index in [4.69, 9.17) is 0 Å². The van der Waals surface area contributed by atoms with E-state index >= 15 is 0 Å². The van der Waals surface area contributed by atoms with Crippen LogP contribution in [0.5, 0.6) is 0 Å². The first-order valence-electron chi connectivity index (χ1n) is 4.73. The highest BCUT2D eigenvalue weighted by atomic mass is 14.0. The molecule has 0 amide bonds. The molecule has 2 aromatic rings. The Balaban J connectivity index is 0.00000112. The second kappa shape index (κ2) is 7.40. The molecule has 6 N–H and O–H groups in total. The Labute approximate surface area is 96.8 Å². The Hall–Kier alpha value is -1.90. The summed E-state index contributed by atoms with van der Waals surface area (Å²) >= 11 is 0. The lowest BCUT2D eigenvalue weighted by Crippen LogP contribution is -1.70. The minimum absolute atomic E-state index is 0. The quantitative estimate of drug-likeness (QED) is 0.736. The van der Waals surface area contributed by atoms with Crippen molar-refractivity contribution in [1.29, 1.82) is 0 Å². The van der Waals surface area contributed by atoms with Gasteiger partial charge < -0.3 is 12.3 Å². The van der Waals surface area contributed by atoms with Crippen molar-refractivity contribution in [3.8, 4) is 0 Å². The molecule has 2 heteroatoms. The van der Waals surface area contributed by atoms with Crippen molar-refractivity contribution in [2.24, 2.45) is 0 Å². The zero-order valence-corrected chi connectivity index (χ0v) is 9.34. The molecule has 0 aliphatic carbocycles. The number of hydrogen-bond donors (Lipinski definition) is 2. The van der Waals surface area contributed by atoms with Gasteiger partial charge in [-0.05, 0) is 11.1 Å². The zero-order valence-electron chi connectivity index (χ0n) is 9.34. The van der Waals surface area contributed by atoms with Gasteiger partial charge in [0, 0.05) is 0 Å². The van der Waals surface area contributed by atoms with Gasteiger partial charge in [-0.25, -0.2) is 0 Å². The molecule has 0 saturated carbocycles. The van der Waals surface area contributed by atoms with Crippen LogP contribution in [0.25, 0.3) is 12.2 Å². The molecule has 0 radical (unpaired) electrons. The van der Waals surface area contributed by atoms with E-state index in [1.54, 1.807) is 0 Å². The summed E-state index contributed by atoms with van der Waals surface area (Å²) in [6.07, 6.45) is 4.24. The van der Waals surface area contributed by atoms with Crippen LogP contribution in [-0.4, -0.2) is 0 Å². The zero-order chi connectivity index (χ0) is 9.64. The van der Waals surface area contributed by atoms with Crippen LogP contribution in [0, 0.1) is 0 Å². The van der Waals surface area contributed by atoms with E-state index in [1.165, 1.54) is 11.1 Å². The second-order valence-corrected chi connectivity index (χ2v) is 3.15. The fraction of sp³-hybridized carbons (Fsp3) is 0. The van der Waals surface area contributed by atoms with Gasteiger partial charge >= 0.3 is 0 Å². The van der Waals surface area contributed by atoms with Gasteiger partial charge in [-0.15, -0.1) is 0 Å². The van der Waals surface area contributed by atoms with Crippen LogP contribution in [0.2, 0.25) is 0 Å². The molecule has 0 aliphatic rings. The van der Waals surface area contributed by atoms with Crippen LogP contribution in [0.3, 0.4) is 0 Å². The predicted octanol–water partition coefficient (Wildman–Crippen LogP) is 4.18. The van der Waals surface area contributed by atoms with Gasteiger partial charge in [0.25, 0.3) is 0 Å². The molecule has 0 unspecified atom stereocenters. The smallest absolute Gasteiger partial charge is 0.0256 e.